The Kier molecular flexibility index (Phi) is 7.26. The van der Waals surface area contributed by atoms with Crippen molar-refractivity contribution in [3.05, 3.63) is 53.7 Å². The number of piperazine rings is 1. The largest absolute Gasteiger partial charge is 0.465 e. The Hall–Kier alpha value is -4.17. The molecule has 40 heavy (non-hydrogen) atoms. The van der Waals surface area contributed by atoms with Crippen molar-refractivity contribution >= 4 is 28.4 Å². The van der Waals surface area contributed by atoms with E-state index >= 15 is 0 Å². The molecule has 1 aromatic heterocycles. The van der Waals surface area contributed by atoms with Crippen LogP contribution in [0.4, 0.5) is 20.7 Å². The Bertz CT molecular complexity index is 1440. The molecule has 11 heteroatoms. The molecule has 2 saturated heterocycles. The Morgan fingerprint density at radius 1 is 1.15 bits per heavy atom. The van der Waals surface area contributed by atoms with Crippen molar-refractivity contribution in [3.63, 3.8) is 0 Å². The maximum atomic E-state index is 13.7. The van der Waals surface area contributed by atoms with E-state index in [2.05, 4.69) is 51.5 Å². The summed E-state index contributed by atoms with van der Waals surface area (Å²) < 4.78 is 19.7. The summed E-state index contributed by atoms with van der Waals surface area (Å²) in [6.45, 7) is 3.02. The van der Waals surface area contributed by atoms with Crippen LogP contribution in [0.3, 0.4) is 0 Å². The van der Waals surface area contributed by atoms with Gasteiger partial charge < -0.3 is 29.9 Å². The summed E-state index contributed by atoms with van der Waals surface area (Å²) in [6, 6.07) is 16.4. The second-order valence-corrected chi connectivity index (χ2v) is 10.6. The smallest absolute Gasteiger partial charge is 0.407 e. The van der Waals surface area contributed by atoms with Gasteiger partial charge in [-0.15, -0.1) is 0 Å². The number of hydrogen-bond acceptors (Lipinski definition) is 8. The Labute approximate surface area is 232 Å². The van der Waals surface area contributed by atoms with Gasteiger partial charge in [0, 0.05) is 55.4 Å². The number of fused-ring (bicyclic) bond motifs is 2. The number of aromatic nitrogens is 2. The van der Waals surface area contributed by atoms with Crippen LogP contribution in [0.15, 0.2) is 42.5 Å². The van der Waals surface area contributed by atoms with Crippen molar-refractivity contribution < 1.29 is 19.0 Å². The van der Waals surface area contributed by atoms with Crippen LogP contribution >= 0.6 is 0 Å². The average molecular weight is 546 g/mol. The van der Waals surface area contributed by atoms with Crippen molar-refractivity contribution in [2.75, 3.05) is 49.1 Å². The number of hydrogen-bond donors (Lipinski definition) is 2. The van der Waals surface area contributed by atoms with Gasteiger partial charge in [-0.05, 0) is 24.3 Å². The average Bonchev–Trinajstić information content (AvgIpc) is 3.40. The Morgan fingerprint density at radius 2 is 2.00 bits per heavy atom. The number of nitrogens with one attached hydrogen (secondary N) is 1. The van der Waals surface area contributed by atoms with E-state index in [4.69, 9.17) is 14.7 Å². The van der Waals surface area contributed by atoms with Crippen LogP contribution in [0.1, 0.15) is 24.1 Å². The molecule has 2 N–H and O–H groups in total. The molecule has 1 unspecified atom stereocenters. The number of alkyl halides is 1. The van der Waals surface area contributed by atoms with E-state index in [9.17, 15) is 19.6 Å². The lowest BCUT2D eigenvalue weighted by molar-refractivity contribution is 0.119. The molecule has 6 rings (SSSR count). The predicted molar refractivity (Wildman–Crippen MR) is 148 cm³/mol. The Morgan fingerprint density at radius 3 is 2.80 bits per heavy atom. The van der Waals surface area contributed by atoms with Crippen LogP contribution in [0.5, 0.6) is 6.01 Å². The second-order valence-electron chi connectivity index (χ2n) is 10.6. The quantitative estimate of drug-likeness (QED) is 0.481. The molecule has 4 heterocycles. The minimum Gasteiger partial charge on any atom is -0.465 e. The Balaban J connectivity index is 1.32. The summed E-state index contributed by atoms with van der Waals surface area (Å²) in [5, 5.41) is 24.5. The lowest BCUT2D eigenvalue weighted by Crippen LogP contribution is -2.55. The minimum atomic E-state index is -1.02. The fourth-order valence-electron chi connectivity index (χ4n) is 6.06. The number of halogens is 1. The fourth-order valence-corrected chi connectivity index (χ4v) is 6.06. The van der Waals surface area contributed by atoms with Gasteiger partial charge in [-0.3, -0.25) is 0 Å². The number of benzene rings is 2. The number of carbonyl (C=O) groups is 1. The number of anilines is 2. The molecule has 1 amide bonds. The van der Waals surface area contributed by atoms with E-state index in [1.165, 1.54) is 15.7 Å². The molecule has 0 saturated carbocycles. The summed E-state index contributed by atoms with van der Waals surface area (Å²) in [4.78, 5) is 27.1. The summed E-state index contributed by atoms with van der Waals surface area (Å²) >= 11 is 0. The zero-order chi connectivity index (χ0) is 27.6. The number of nitrogens with zero attached hydrogens (tertiary/aromatic N) is 6. The van der Waals surface area contributed by atoms with Gasteiger partial charge in [0.1, 0.15) is 18.6 Å². The molecule has 3 aliphatic rings. The molecule has 3 atom stereocenters. The van der Waals surface area contributed by atoms with E-state index in [1.54, 1.807) is 0 Å². The first-order chi connectivity index (χ1) is 19.5. The van der Waals surface area contributed by atoms with Crippen LogP contribution in [-0.2, 0) is 13.0 Å². The maximum absolute atomic E-state index is 13.7. The fraction of sp³-hybridized carbons (Fsp3) is 0.448. The highest BCUT2D eigenvalue weighted by atomic mass is 19.1. The number of nitriles is 1. The second kappa shape index (κ2) is 11.1. The highest BCUT2D eigenvalue weighted by molar-refractivity contribution is 5.94. The van der Waals surface area contributed by atoms with Gasteiger partial charge in [0.15, 0.2) is 0 Å². The van der Waals surface area contributed by atoms with Crippen molar-refractivity contribution in [3.8, 4) is 12.1 Å². The van der Waals surface area contributed by atoms with E-state index in [-0.39, 0.29) is 31.6 Å². The monoisotopic (exact) mass is 545 g/mol. The first kappa shape index (κ1) is 26.1. The normalized spacial score (nSPS) is 22.7. The zero-order valence-electron chi connectivity index (χ0n) is 22.2. The van der Waals surface area contributed by atoms with Gasteiger partial charge in [0.2, 0.25) is 0 Å². The van der Waals surface area contributed by atoms with Gasteiger partial charge in [-0.1, -0.05) is 36.4 Å². The molecule has 3 aliphatic heterocycles. The lowest BCUT2D eigenvalue weighted by Gasteiger charge is -2.41. The van der Waals surface area contributed by atoms with E-state index in [1.807, 2.05) is 12.1 Å². The molecule has 2 fully saturated rings. The number of rotatable bonds is 6. The van der Waals surface area contributed by atoms with Crippen LogP contribution in [0, 0.1) is 11.3 Å². The lowest BCUT2D eigenvalue weighted by atomic mass is 10.0. The predicted octanol–water partition coefficient (Wildman–Crippen LogP) is 3.35. The van der Waals surface area contributed by atoms with Crippen molar-refractivity contribution in [1.29, 1.82) is 5.26 Å². The molecule has 3 aromatic rings. The zero-order valence-corrected chi connectivity index (χ0v) is 22.2. The van der Waals surface area contributed by atoms with E-state index < -0.39 is 18.3 Å². The first-order valence-corrected chi connectivity index (χ1v) is 13.7. The van der Waals surface area contributed by atoms with Crippen molar-refractivity contribution in [2.45, 2.75) is 44.1 Å². The molecule has 0 spiro atoms. The molecule has 208 valence electrons. The summed E-state index contributed by atoms with van der Waals surface area (Å²) in [6.07, 6.45) is -0.699. The van der Waals surface area contributed by atoms with Gasteiger partial charge in [0.25, 0.3) is 0 Å². The molecule has 0 aliphatic carbocycles. The third-order valence-corrected chi connectivity index (χ3v) is 8.07. The van der Waals surface area contributed by atoms with Crippen molar-refractivity contribution in [1.82, 2.24) is 20.2 Å². The van der Waals surface area contributed by atoms with Crippen LogP contribution in [0.25, 0.3) is 10.8 Å². The third kappa shape index (κ3) is 5.19. The maximum Gasteiger partial charge on any atom is 0.407 e. The van der Waals surface area contributed by atoms with Crippen LogP contribution in [0.2, 0.25) is 0 Å². The van der Waals surface area contributed by atoms with Crippen molar-refractivity contribution in [2.24, 2.45) is 0 Å². The molecule has 0 radical (unpaired) electrons. The number of carboxylic acid groups (broad SMARTS) is 1. The SMILES string of the molecule is N#CCC1CN(c2nc(OC[C@@H]3C[C@@H](F)CN3)nc3c2CCN(c2cccc4ccccc24)C3)CCN1C(=O)O. The standard InChI is InChI=1S/C29H32FN7O3/c30-20-14-21(32-15-20)18-40-28-33-25-17-35(26-7-3-5-19-4-1-2-6-23(19)26)11-9-24(25)27(34-28)36-12-13-37(29(38)39)22(16-36)8-10-31/h1-7,20-22,32H,8-9,11-18H2,(H,38,39)/t20-,21+,22?/m1/s1. The molecular formula is C29H32FN7O3. The minimum absolute atomic E-state index is 0.103. The molecule has 2 aromatic carbocycles. The number of ether oxygens (including phenoxy) is 1. The highest BCUT2D eigenvalue weighted by Gasteiger charge is 2.34. The van der Waals surface area contributed by atoms with Gasteiger partial charge >= 0.3 is 12.1 Å². The number of amides is 1. The summed E-state index contributed by atoms with van der Waals surface area (Å²) in [5.41, 5.74) is 3.02. The third-order valence-electron chi connectivity index (χ3n) is 8.07. The molecular weight excluding hydrogens is 513 g/mol. The van der Waals surface area contributed by atoms with Crippen LogP contribution < -0.4 is 19.9 Å². The van der Waals surface area contributed by atoms with Gasteiger partial charge in [0.05, 0.1) is 30.8 Å². The molecule has 10 nitrogen and oxygen atoms in total. The van der Waals surface area contributed by atoms with Crippen LogP contribution in [-0.4, -0.2) is 83.7 Å². The topological polar surface area (TPSA) is 118 Å². The first-order valence-electron chi connectivity index (χ1n) is 13.7. The molecule has 0 bridgehead atoms. The summed E-state index contributed by atoms with van der Waals surface area (Å²) in [7, 11) is 0. The van der Waals surface area contributed by atoms with Gasteiger partial charge in [-0.25, -0.2) is 9.18 Å². The van der Waals surface area contributed by atoms with E-state index in [0.29, 0.717) is 39.0 Å². The highest BCUT2D eigenvalue weighted by Crippen LogP contribution is 2.35. The summed E-state index contributed by atoms with van der Waals surface area (Å²) in [5.74, 6) is 0.730. The van der Waals surface area contributed by atoms with E-state index in [0.717, 1.165) is 29.3 Å². The van der Waals surface area contributed by atoms with Gasteiger partial charge in [-0.2, -0.15) is 15.2 Å².